The van der Waals surface area contributed by atoms with Gasteiger partial charge < -0.3 is 26.2 Å². The molecule has 0 aliphatic carbocycles. The van der Waals surface area contributed by atoms with Crippen molar-refractivity contribution in [3.63, 3.8) is 0 Å². The van der Waals surface area contributed by atoms with Crippen molar-refractivity contribution < 1.29 is 42.6 Å². The van der Waals surface area contributed by atoms with Gasteiger partial charge in [0.1, 0.15) is 6.54 Å². The fourth-order valence-electron chi connectivity index (χ4n) is 3.84. The minimum Gasteiger partial charge on any atom is -0.481 e. The zero-order valence-corrected chi connectivity index (χ0v) is 21.4. The molecule has 0 saturated carbocycles. The molecular formula is C26H30F3N5O6. The van der Waals surface area contributed by atoms with Crippen LogP contribution in [0.3, 0.4) is 0 Å². The number of unbranched alkanes of at least 4 members (excludes halogenated alkanes) is 2. The van der Waals surface area contributed by atoms with E-state index in [0.717, 1.165) is 31.2 Å². The van der Waals surface area contributed by atoms with E-state index >= 15 is 0 Å². The number of nitrogens with two attached hydrogens (primary N) is 1. The number of aliphatic carboxylic acids is 2. The number of carbonyl (C=O) groups is 4. The molecule has 0 bridgehead atoms. The highest BCUT2D eigenvalue weighted by Crippen LogP contribution is 2.33. The maximum atomic E-state index is 13.3. The molecule has 0 aromatic heterocycles. The number of rotatable bonds is 10. The predicted octanol–water partition coefficient (Wildman–Crippen LogP) is 3.11. The van der Waals surface area contributed by atoms with E-state index in [1.807, 2.05) is 42.5 Å². The lowest BCUT2D eigenvalue weighted by Gasteiger charge is -2.23. The first-order chi connectivity index (χ1) is 18.8. The molecule has 0 spiro atoms. The van der Waals surface area contributed by atoms with Crippen LogP contribution in [-0.2, 0) is 20.8 Å². The molecule has 14 heteroatoms. The lowest BCUT2D eigenvalue weighted by atomic mass is 10.0. The van der Waals surface area contributed by atoms with Crippen molar-refractivity contribution in [1.29, 1.82) is 5.41 Å². The van der Waals surface area contributed by atoms with Gasteiger partial charge in [-0.3, -0.25) is 24.7 Å². The van der Waals surface area contributed by atoms with Crippen LogP contribution in [0.2, 0.25) is 0 Å². The van der Waals surface area contributed by atoms with Crippen molar-refractivity contribution >= 4 is 41.1 Å². The van der Waals surface area contributed by atoms with Gasteiger partial charge in [0, 0.05) is 18.8 Å². The molecule has 2 amide bonds. The standard InChI is InChI=1S/C24H29N5O4.C2HF3O2/c25-24(26)27-13-6-2-3-7-17-10-11-20-19(15-17)23(33)28(14-12-22(31)32)16-21(30)29(20)18-8-4-1-5-9-18;3-2(4,5)1(6)7/h1,4-5,8-11,15H,2-3,6-7,12-14,16H2,(H,31,32)(H4,25,26,27);(H,6,7). The lowest BCUT2D eigenvalue weighted by Crippen LogP contribution is -2.38. The summed E-state index contributed by atoms with van der Waals surface area (Å²) in [7, 11) is 0. The summed E-state index contributed by atoms with van der Waals surface area (Å²) in [6.45, 7) is 0.425. The molecule has 216 valence electrons. The number of nitrogens with zero attached hydrogens (tertiary/aromatic N) is 2. The SMILES string of the molecule is N=C(N)NCCCCCc1ccc2c(c1)C(=O)N(CCC(=O)O)CC(=O)N2c1ccccc1.O=C(O)C(F)(F)F. The minimum atomic E-state index is -5.08. The smallest absolute Gasteiger partial charge is 0.481 e. The predicted molar refractivity (Wildman–Crippen MR) is 139 cm³/mol. The first-order valence-corrected chi connectivity index (χ1v) is 12.2. The van der Waals surface area contributed by atoms with Crippen molar-refractivity contribution in [2.45, 2.75) is 38.3 Å². The number of carboxylic acids is 2. The number of halogens is 3. The van der Waals surface area contributed by atoms with E-state index < -0.39 is 18.1 Å². The minimum absolute atomic E-state index is 0.0324. The number of benzene rings is 2. The number of aryl methyl sites for hydroxylation is 1. The second kappa shape index (κ2) is 14.5. The Labute approximate surface area is 227 Å². The van der Waals surface area contributed by atoms with E-state index in [1.54, 1.807) is 6.07 Å². The van der Waals surface area contributed by atoms with Crippen LogP contribution in [0.15, 0.2) is 48.5 Å². The quantitative estimate of drug-likeness (QED) is 0.166. The topological polar surface area (TPSA) is 177 Å². The average molecular weight is 566 g/mol. The molecule has 3 rings (SSSR count). The zero-order chi connectivity index (χ0) is 29.9. The molecule has 11 nitrogen and oxygen atoms in total. The van der Waals surface area contributed by atoms with Gasteiger partial charge in [0.25, 0.3) is 11.8 Å². The van der Waals surface area contributed by atoms with Crippen molar-refractivity contribution in [2.24, 2.45) is 5.73 Å². The van der Waals surface area contributed by atoms with Gasteiger partial charge in [0.05, 0.1) is 17.7 Å². The normalized spacial score (nSPS) is 13.1. The van der Waals surface area contributed by atoms with Crippen molar-refractivity contribution in [1.82, 2.24) is 10.2 Å². The van der Waals surface area contributed by atoms with Gasteiger partial charge in [-0.15, -0.1) is 0 Å². The Hall–Kier alpha value is -4.62. The summed E-state index contributed by atoms with van der Waals surface area (Å²) in [5, 5.41) is 26.1. The van der Waals surface area contributed by atoms with Gasteiger partial charge in [-0.1, -0.05) is 30.7 Å². The van der Waals surface area contributed by atoms with Gasteiger partial charge in [-0.25, -0.2) is 4.79 Å². The highest BCUT2D eigenvalue weighted by Gasteiger charge is 2.38. The Bertz CT molecular complexity index is 1220. The largest absolute Gasteiger partial charge is 0.490 e. The maximum Gasteiger partial charge on any atom is 0.490 e. The molecule has 0 fully saturated rings. The molecule has 2 aromatic carbocycles. The van der Waals surface area contributed by atoms with E-state index in [4.69, 9.17) is 26.2 Å². The Kier molecular flexibility index (Phi) is 11.5. The van der Waals surface area contributed by atoms with Crippen LogP contribution >= 0.6 is 0 Å². The molecule has 0 radical (unpaired) electrons. The summed E-state index contributed by atoms with van der Waals surface area (Å²) in [6, 6.07) is 14.7. The van der Waals surface area contributed by atoms with Crippen LogP contribution < -0.4 is 16.0 Å². The van der Waals surface area contributed by atoms with E-state index in [-0.39, 0.29) is 37.3 Å². The van der Waals surface area contributed by atoms with Crippen LogP contribution in [0.25, 0.3) is 0 Å². The number of alkyl halides is 3. The highest BCUT2D eigenvalue weighted by molar-refractivity contribution is 6.13. The lowest BCUT2D eigenvalue weighted by molar-refractivity contribution is -0.192. The first-order valence-electron chi connectivity index (χ1n) is 12.2. The second-order valence-electron chi connectivity index (χ2n) is 8.74. The van der Waals surface area contributed by atoms with Crippen LogP contribution in [0.1, 0.15) is 41.6 Å². The molecule has 0 saturated heterocycles. The molecule has 40 heavy (non-hydrogen) atoms. The number of anilines is 2. The number of amides is 2. The van der Waals surface area contributed by atoms with E-state index in [2.05, 4.69) is 5.32 Å². The van der Waals surface area contributed by atoms with Crippen molar-refractivity contribution in [3.8, 4) is 0 Å². The molecule has 1 heterocycles. The van der Waals surface area contributed by atoms with Crippen molar-refractivity contribution in [2.75, 3.05) is 24.5 Å². The Morgan fingerprint density at radius 2 is 1.68 bits per heavy atom. The number of hydrogen-bond acceptors (Lipinski definition) is 5. The van der Waals surface area contributed by atoms with Crippen LogP contribution in [0.4, 0.5) is 24.5 Å². The molecule has 0 unspecified atom stereocenters. The van der Waals surface area contributed by atoms with E-state index in [0.29, 0.717) is 23.5 Å². The number of para-hydroxylation sites is 1. The van der Waals surface area contributed by atoms with Gasteiger partial charge in [-0.2, -0.15) is 13.2 Å². The van der Waals surface area contributed by atoms with Crippen LogP contribution in [0.5, 0.6) is 0 Å². The number of hydrogen-bond donors (Lipinski definition) is 5. The zero-order valence-electron chi connectivity index (χ0n) is 21.4. The summed E-state index contributed by atoms with van der Waals surface area (Å²) < 4.78 is 31.7. The third-order valence-corrected chi connectivity index (χ3v) is 5.71. The van der Waals surface area contributed by atoms with Gasteiger partial charge in [0.2, 0.25) is 0 Å². The monoisotopic (exact) mass is 565 g/mol. The maximum absolute atomic E-state index is 13.3. The molecular weight excluding hydrogens is 535 g/mol. The summed E-state index contributed by atoms with van der Waals surface area (Å²) in [6.07, 6.45) is -1.84. The summed E-state index contributed by atoms with van der Waals surface area (Å²) in [5.74, 6) is -4.45. The van der Waals surface area contributed by atoms with Gasteiger partial charge in [0.15, 0.2) is 5.96 Å². The number of carbonyl (C=O) groups excluding carboxylic acids is 2. The fourth-order valence-corrected chi connectivity index (χ4v) is 3.84. The molecule has 6 N–H and O–H groups in total. The first kappa shape index (κ1) is 31.6. The summed E-state index contributed by atoms with van der Waals surface area (Å²) in [5.41, 5.74) is 7.80. The van der Waals surface area contributed by atoms with Crippen molar-refractivity contribution in [3.05, 3.63) is 59.7 Å². The Morgan fingerprint density at radius 3 is 2.25 bits per heavy atom. The average Bonchev–Trinajstić information content (AvgIpc) is 2.98. The third kappa shape index (κ3) is 9.60. The second-order valence-corrected chi connectivity index (χ2v) is 8.74. The van der Waals surface area contributed by atoms with Crippen LogP contribution in [-0.4, -0.2) is 70.6 Å². The van der Waals surface area contributed by atoms with E-state index in [9.17, 15) is 27.6 Å². The number of guanidine groups is 1. The Morgan fingerprint density at radius 1 is 1.02 bits per heavy atom. The number of fused-ring (bicyclic) bond motifs is 1. The fraction of sp³-hybridized carbons (Fsp3) is 0.346. The summed E-state index contributed by atoms with van der Waals surface area (Å²) >= 11 is 0. The third-order valence-electron chi connectivity index (χ3n) is 5.71. The Balaban J connectivity index is 0.000000708. The van der Waals surface area contributed by atoms with Crippen LogP contribution in [0, 0.1) is 5.41 Å². The van der Waals surface area contributed by atoms with Gasteiger partial charge >= 0.3 is 18.1 Å². The summed E-state index contributed by atoms with van der Waals surface area (Å²) in [4.78, 5) is 49.3. The molecule has 2 aromatic rings. The molecule has 0 atom stereocenters. The number of nitrogens with one attached hydrogen (secondary N) is 2. The molecule has 1 aliphatic rings. The van der Waals surface area contributed by atoms with Gasteiger partial charge in [-0.05, 0) is 49.1 Å². The molecule has 1 aliphatic heterocycles. The van der Waals surface area contributed by atoms with E-state index in [1.165, 1.54) is 9.80 Å². The number of carboxylic acid groups (broad SMARTS) is 2. The highest BCUT2D eigenvalue weighted by atomic mass is 19.4.